The summed E-state index contributed by atoms with van der Waals surface area (Å²) in [5, 5.41) is 3.89. The lowest BCUT2D eigenvalue weighted by Gasteiger charge is -2.18. The molecule has 3 rings (SSSR count). The fourth-order valence-electron chi connectivity index (χ4n) is 2.88. The van der Waals surface area contributed by atoms with Crippen molar-refractivity contribution in [3.05, 3.63) is 62.1 Å². The van der Waals surface area contributed by atoms with E-state index in [4.69, 9.17) is 23.8 Å². The van der Waals surface area contributed by atoms with Crippen LogP contribution in [0.1, 0.15) is 17.3 Å². The summed E-state index contributed by atoms with van der Waals surface area (Å²) in [6.45, 7) is 2.33. The van der Waals surface area contributed by atoms with Crippen LogP contribution in [-0.4, -0.2) is 29.6 Å². The molecule has 140 valence electrons. The number of H-pyrrole nitrogens is 1. The van der Waals surface area contributed by atoms with Gasteiger partial charge in [-0.2, -0.15) is 0 Å². The number of carbonyl (C=O) groups is 1. The number of benzene rings is 2. The van der Waals surface area contributed by atoms with E-state index >= 15 is 0 Å². The van der Waals surface area contributed by atoms with Crippen molar-refractivity contribution in [3.63, 3.8) is 0 Å². The molecule has 0 saturated carbocycles. The number of aromatic amines is 1. The Balaban J connectivity index is 2.01. The van der Waals surface area contributed by atoms with Crippen molar-refractivity contribution in [3.8, 4) is 0 Å². The van der Waals surface area contributed by atoms with Crippen LogP contribution in [0.15, 0.2) is 41.2 Å². The number of rotatable bonds is 4. The van der Waals surface area contributed by atoms with Gasteiger partial charge in [0.15, 0.2) is 4.77 Å². The number of hydrogen-bond acceptors (Lipinski definition) is 4. The summed E-state index contributed by atoms with van der Waals surface area (Å²) in [4.78, 5) is 30.1. The Hall–Kier alpha value is -2.64. The number of carbonyl (C=O) groups excluding carboxylic acids is 1. The van der Waals surface area contributed by atoms with Gasteiger partial charge in [0, 0.05) is 31.2 Å². The van der Waals surface area contributed by atoms with Crippen LogP contribution in [0.25, 0.3) is 10.9 Å². The number of aromatic nitrogens is 2. The molecule has 0 aliphatic rings. The highest BCUT2D eigenvalue weighted by molar-refractivity contribution is 7.71. The lowest BCUT2D eigenvalue weighted by atomic mass is 10.1. The van der Waals surface area contributed by atoms with Crippen LogP contribution in [0.3, 0.4) is 0 Å². The number of amides is 1. The highest BCUT2D eigenvalue weighted by Gasteiger charge is 2.13. The Bertz CT molecular complexity index is 1150. The predicted molar refractivity (Wildman–Crippen MR) is 113 cm³/mol. The van der Waals surface area contributed by atoms with E-state index in [1.54, 1.807) is 30.3 Å². The topological polar surface area (TPSA) is 70.1 Å². The summed E-state index contributed by atoms with van der Waals surface area (Å²) in [5.41, 5.74) is 2.20. The molecule has 0 bridgehead atoms. The summed E-state index contributed by atoms with van der Waals surface area (Å²) in [7, 11) is 3.77. The predicted octanol–water partition coefficient (Wildman–Crippen LogP) is 4.05. The first kappa shape index (κ1) is 19.1. The first-order valence-electron chi connectivity index (χ1n) is 8.37. The van der Waals surface area contributed by atoms with E-state index in [1.165, 1.54) is 4.57 Å². The second kappa shape index (κ2) is 7.54. The average molecular weight is 403 g/mol. The fourth-order valence-corrected chi connectivity index (χ4v) is 3.37. The molecule has 1 aromatic heterocycles. The second-order valence-electron chi connectivity index (χ2n) is 6.25. The third-order valence-electron chi connectivity index (χ3n) is 4.25. The third-order valence-corrected chi connectivity index (χ3v) is 4.81. The van der Waals surface area contributed by atoms with E-state index in [1.807, 2.05) is 32.0 Å². The highest BCUT2D eigenvalue weighted by Crippen LogP contribution is 2.28. The molecule has 0 unspecified atom stereocenters. The van der Waals surface area contributed by atoms with Crippen molar-refractivity contribution in [2.24, 2.45) is 0 Å². The van der Waals surface area contributed by atoms with Gasteiger partial charge >= 0.3 is 0 Å². The van der Waals surface area contributed by atoms with Crippen molar-refractivity contribution in [2.75, 3.05) is 24.3 Å². The number of halogens is 1. The number of fused-ring (bicyclic) bond motifs is 1. The molecule has 27 heavy (non-hydrogen) atoms. The molecule has 0 fully saturated rings. The minimum absolute atomic E-state index is 0.173. The molecule has 1 amide bonds. The van der Waals surface area contributed by atoms with Crippen molar-refractivity contribution in [2.45, 2.75) is 13.5 Å². The number of nitrogens with zero attached hydrogens (tertiary/aromatic N) is 2. The first-order valence-corrected chi connectivity index (χ1v) is 9.15. The summed E-state index contributed by atoms with van der Waals surface area (Å²) < 4.78 is 1.81. The Morgan fingerprint density at radius 2 is 2.00 bits per heavy atom. The molecule has 2 aromatic carbocycles. The first-order chi connectivity index (χ1) is 12.8. The Kier molecular flexibility index (Phi) is 5.34. The van der Waals surface area contributed by atoms with Gasteiger partial charge in [-0.1, -0.05) is 11.6 Å². The Labute approximate surface area is 166 Å². The van der Waals surface area contributed by atoms with Crippen LogP contribution in [-0.2, 0) is 6.54 Å². The average Bonchev–Trinajstić information content (AvgIpc) is 2.61. The SMILES string of the molecule is CCn1c(=S)[nH]c2cc(C(=O)Nc3cc(Cl)ccc3N(C)C)ccc2c1=O. The maximum atomic E-state index is 12.7. The number of nitrogens with one attached hydrogen (secondary N) is 2. The van der Waals surface area contributed by atoms with E-state index < -0.39 is 0 Å². The van der Waals surface area contributed by atoms with Gasteiger partial charge in [-0.15, -0.1) is 0 Å². The van der Waals surface area contributed by atoms with Crippen molar-refractivity contribution >= 4 is 52.0 Å². The molecule has 0 aliphatic carbocycles. The van der Waals surface area contributed by atoms with Crippen LogP contribution in [0.2, 0.25) is 5.02 Å². The van der Waals surface area contributed by atoms with Crippen molar-refractivity contribution < 1.29 is 4.79 Å². The molecule has 8 heteroatoms. The van der Waals surface area contributed by atoms with E-state index in [0.29, 0.717) is 38.5 Å². The lowest BCUT2D eigenvalue weighted by Crippen LogP contribution is -2.21. The van der Waals surface area contributed by atoms with Crippen LogP contribution < -0.4 is 15.8 Å². The molecule has 0 aliphatic heterocycles. The normalized spacial score (nSPS) is 10.8. The van der Waals surface area contributed by atoms with Crippen molar-refractivity contribution in [1.29, 1.82) is 0 Å². The minimum atomic E-state index is -0.304. The van der Waals surface area contributed by atoms with Gasteiger partial charge in [0.25, 0.3) is 11.5 Å². The van der Waals surface area contributed by atoms with E-state index in [9.17, 15) is 9.59 Å². The van der Waals surface area contributed by atoms with Gasteiger partial charge < -0.3 is 15.2 Å². The molecule has 0 spiro atoms. The molecule has 0 saturated heterocycles. The number of anilines is 2. The van der Waals surface area contributed by atoms with E-state index in [2.05, 4.69) is 10.3 Å². The Morgan fingerprint density at radius 1 is 1.26 bits per heavy atom. The zero-order valence-corrected chi connectivity index (χ0v) is 16.7. The largest absolute Gasteiger partial charge is 0.376 e. The fraction of sp³-hybridized carbons (Fsp3) is 0.211. The highest BCUT2D eigenvalue weighted by atomic mass is 35.5. The quantitative estimate of drug-likeness (QED) is 0.646. The van der Waals surface area contributed by atoms with E-state index in [0.717, 1.165) is 5.69 Å². The zero-order chi connectivity index (χ0) is 19.7. The molecule has 0 atom stereocenters. The third kappa shape index (κ3) is 3.74. The molecule has 6 nitrogen and oxygen atoms in total. The monoisotopic (exact) mass is 402 g/mol. The molecular formula is C19H19ClN4O2S. The van der Waals surface area contributed by atoms with Gasteiger partial charge in [-0.25, -0.2) is 0 Å². The summed E-state index contributed by atoms with van der Waals surface area (Å²) in [6.07, 6.45) is 0. The van der Waals surface area contributed by atoms with Gasteiger partial charge in [-0.3, -0.25) is 14.2 Å². The summed E-state index contributed by atoms with van der Waals surface area (Å²) in [6, 6.07) is 10.2. The van der Waals surface area contributed by atoms with Gasteiger partial charge in [0.05, 0.1) is 22.3 Å². The minimum Gasteiger partial charge on any atom is -0.376 e. The van der Waals surface area contributed by atoms with Crippen LogP contribution in [0, 0.1) is 4.77 Å². The zero-order valence-electron chi connectivity index (χ0n) is 15.2. The molecular weight excluding hydrogens is 384 g/mol. The smallest absolute Gasteiger partial charge is 0.262 e. The van der Waals surface area contributed by atoms with Gasteiger partial charge in [-0.05, 0) is 55.5 Å². The lowest BCUT2D eigenvalue weighted by molar-refractivity contribution is 0.102. The molecule has 2 N–H and O–H groups in total. The Morgan fingerprint density at radius 3 is 2.67 bits per heavy atom. The van der Waals surface area contributed by atoms with Crippen LogP contribution in [0.4, 0.5) is 11.4 Å². The second-order valence-corrected chi connectivity index (χ2v) is 7.07. The molecule has 0 radical (unpaired) electrons. The van der Waals surface area contributed by atoms with Gasteiger partial charge in [0.2, 0.25) is 0 Å². The maximum Gasteiger partial charge on any atom is 0.262 e. The van der Waals surface area contributed by atoms with Crippen LogP contribution in [0.5, 0.6) is 0 Å². The molecule has 1 heterocycles. The number of hydrogen-bond donors (Lipinski definition) is 2. The summed E-state index contributed by atoms with van der Waals surface area (Å²) in [5.74, 6) is -0.304. The summed E-state index contributed by atoms with van der Waals surface area (Å²) >= 11 is 11.3. The van der Waals surface area contributed by atoms with Gasteiger partial charge in [0.1, 0.15) is 0 Å². The van der Waals surface area contributed by atoms with Crippen molar-refractivity contribution in [1.82, 2.24) is 9.55 Å². The maximum absolute atomic E-state index is 12.7. The molecule has 3 aromatic rings. The van der Waals surface area contributed by atoms with E-state index in [-0.39, 0.29) is 11.5 Å². The van der Waals surface area contributed by atoms with Crippen LogP contribution >= 0.6 is 23.8 Å². The standard InChI is InChI=1S/C19H19ClN4O2S/c1-4-24-18(26)13-7-5-11(9-14(13)22-19(24)27)17(25)21-15-10-12(20)6-8-16(15)23(2)3/h5-10H,4H2,1-3H3,(H,21,25)(H,22,27).